The monoisotopic (exact) mass is 370 g/mol. The van der Waals surface area contributed by atoms with Gasteiger partial charge in [0, 0.05) is 24.2 Å². The van der Waals surface area contributed by atoms with Crippen LogP contribution in [0.1, 0.15) is 6.42 Å². The summed E-state index contributed by atoms with van der Waals surface area (Å²) >= 11 is 5.54. The number of halogens is 1. The summed E-state index contributed by atoms with van der Waals surface area (Å²) in [4.78, 5) is 29.6. The van der Waals surface area contributed by atoms with Gasteiger partial charge in [-0.1, -0.05) is 0 Å². The largest absolute Gasteiger partial charge is 0.497 e. The van der Waals surface area contributed by atoms with E-state index in [1.54, 1.807) is 30.2 Å². The lowest BCUT2D eigenvalue weighted by Gasteiger charge is -2.15. The lowest BCUT2D eigenvalue weighted by atomic mass is 10.1. The Kier molecular flexibility index (Phi) is 4.12. The fraction of sp³-hybridized carbons (Fsp3) is 0.211. The van der Waals surface area contributed by atoms with Crippen LogP contribution in [0.2, 0.25) is 0 Å². The van der Waals surface area contributed by atoms with E-state index in [1.807, 2.05) is 24.3 Å². The first-order valence-corrected chi connectivity index (χ1v) is 8.47. The lowest BCUT2D eigenvalue weighted by molar-refractivity contribution is -0.120. The molecule has 1 atom stereocenters. The second kappa shape index (κ2) is 6.46. The van der Waals surface area contributed by atoms with Crippen LogP contribution in [0.3, 0.4) is 0 Å². The fourth-order valence-electron chi connectivity index (χ4n) is 3.05. The Morgan fingerprint density at radius 1 is 1.27 bits per heavy atom. The maximum Gasteiger partial charge on any atom is 0.227 e. The van der Waals surface area contributed by atoms with E-state index in [4.69, 9.17) is 20.8 Å². The summed E-state index contributed by atoms with van der Waals surface area (Å²) in [6.07, 6.45) is 0.135. The maximum absolute atomic E-state index is 12.2. The lowest BCUT2D eigenvalue weighted by Crippen LogP contribution is -2.25. The minimum atomic E-state index is -0.481. The highest BCUT2D eigenvalue weighted by atomic mass is 35.5. The number of anilines is 1. The van der Waals surface area contributed by atoms with Gasteiger partial charge in [-0.3, -0.25) is 9.59 Å². The molecule has 1 saturated heterocycles. The minimum Gasteiger partial charge on any atom is -0.497 e. The number of ether oxygens (including phenoxy) is 1. The normalized spacial score (nSPS) is 17.1. The van der Waals surface area contributed by atoms with Gasteiger partial charge in [0.05, 0.1) is 13.0 Å². The SMILES string of the molecule is COc1ccc(-c2nc3cc(N4C[C@H](C(=O)Cl)CC4=O)ccc3o2)cc1. The number of carbonyl (C=O) groups is 2. The summed E-state index contributed by atoms with van der Waals surface area (Å²) in [5.41, 5.74) is 2.77. The number of amides is 1. The highest BCUT2D eigenvalue weighted by Gasteiger charge is 2.34. The zero-order chi connectivity index (χ0) is 18.3. The van der Waals surface area contributed by atoms with Crippen molar-refractivity contribution in [1.29, 1.82) is 0 Å². The molecule has 2 heterocycles. The standard InChI is InChI=1S/C19H15ClN2O4/c1-25-14-5-2-11(3-6-14)19-21-15-9-13(4-7-16(15)26-19)22-10-12(18(20)24)8-17(22)23/h2-7,9,12H,8,10H2,1H3/t12-/m1/s1. The Bertz CT molecular complexity index is 996. The summed E-state index contributed by atoms with van der Waals surface area (Å²) < 4.78 is 11.0. The second-order valence-corrected chi connectivity index (χ2v) is 6.48. The molecule has 6 nitrogen and oxygen atoms in total. The molecule has 132 valence electrons. The number of hydrogen-bond donors (Lipinski definition) is 0. The van der Waals surface area contributed by atoms with E-state index in [9.17, 15) is 9.59 Å². The molecule has 0 spiro atoms. The van der Waals surface area contributed by atoms with Crippen LogP contribution >= 0.6 is 11.6 Å². The van der Waals surface area contributed by atoms with Crippen LogP contribution in [0.25, 0.3) is 22.6 Å². The van der Waals surface area contributed by atoms with Gasteiger partial charge in [0.15, 0.2) is 5.58 Å². The molecule has 2 aromatic carbocycles. The van der Waals surface area contributed by atoms with Gasteiger partial charge in [-0.05, 0) is 54.1 Å². The van der Waals surface area contributed by atoms with Gasteiger partial charge < -0.3 is 14.1 Å². The molecular weight excluding hydrogens is 356 g/mol. The summed E-state index contributed by atoms with van der Waals surface area (Å²) in [6.45, 7) is 0.288. The zero-order valence-corrected chi connectivity index (χ0v) is 14.7. The van der Waals surface area contributed by atoms with Crippen molar-refractivity contribution in [2.24, 2.45) is 5.92 Å². The Morgan fingerprint density at radius 3 is 2.69 bits per heavy atom. The summed E-state index contributed by atoms with van der Waals surface area (Å²) in [7, 11) is 1.61. The molecule has 0 unspecified atom stereocenters. The first kappa shape index (κ1) is 16.6. The molecule has 0 bridgehead atoms. The van der Waals surface area contributed by atoms with Gasteiger partial charge in [0.1, 0.15) is 11.3 Å². The number of fused-ring (bicyclic) bond motifs is 1. The second-order valence-electron chi connectivity index (χ2n) is 6.11. The number of aromatic nitrogens is 1. The van der Waals surface area contributed by atoms with E-state index < -0.39 is 11.2 Å². The first-order chi connectivity index (χ1) is 12.5. The predicted molar refractivity (Wildman–Crippen MR) is 97.3 cm³/mol. The van der Waals surface area contributed by atoms with Crippen molar-refractivity contribution in [2.45, 2.75) is 6.42 Å². The molecule has 7 heteroatoms. The van der Waals surface area contributed by atoms with Crippen molar-refractivity contribution < 1.29 is 18.7 Å². The Morgan fingerprint density at radius 2 is 2.04 bits per heavy atom. The Labute approximate surface area is 154 Å². The van der Waals surface area contributed by atoms with Gasteiger partial charge in [0.2, 0.25) is 17.0 Å². The average Bonchev–Trinajstić information content (AvgIpc) is 3.24. The van der Waals surface area contributed by atoms with Crippen molar-refractivity contribution in [3.8, 4) is 17.2 Å². The fourth-order valence-corrected chi connectivity index (χ4v) is 3.20. The Balaban J connectivity index is 1.65. The molecule has 26 heavy (non-hydrogen) atoms. The highest BCUT2D eigenvalue weighted by molar-refractivity contribution is 6.64. The van der Waals surface area contributed by atoms with Crippen LogP contribution in [0.15, 0.2) is 46.9 Å². The van der Waals surface area contributed by atoms with Crippen molar-refractivity contribution in [2.75, 3.05) is 18.6 Å². The molecule has 1 aromatic heterocycles. The number of rotatable bonds is 4. The molecule has 1 amide bonds. The molecule has 4 rings (SSSR count). The summed E-state index contributed by atoms with van der Waals surface area (Å²) in [5.74, 6) is 0.652. The maximum atomic E-state index is 12.2. The molecule has 0 N–H and O–H groups in total. The summed E-state index contributed by atoms with van der Waals surface area (Å²) in [6, 6.07) is 12.7. The minimum absolute atomic E-state index is 0.123. The van der Waals surface area contributed by atoms with Crippen molar-refractivity contribution >= 4 is 39.5 Å². The number of methoxy groups -OCH3 is 1. The third kappa shape index (κ3) is 2.93. The van der Waals surface area contributed by atoms with Gasteiger partial charge in [-0.15, -0.1) is 0 Å². The van der Waals surface area contributed by atoms with Crippen LogP contribution in [0.4, 0.5) is 5.69 Å². The topological polar surface area (TPSA) is 72.6 Å². The van der Waals surface area contributed by atoms with Gasteiger partial charge >= 0.3 is 0 Å². The Hall–Kier alpha value is -2.86. The van der Waals surface area contributed by atoms with E-state index in [1.165, 1.54) is 0 Å². The first-order valence-electron chi connectivity index (χ1n) is 8.10. The van der Waals surface area contributed by atoms with E-state index in [-0.39, 0.29) is 18.9 Å². The van der Waals surface area contributed by atoms with Gasteiger partial charge in [0.25, 0.3) is 0 Å². The van der Waals surface area contributed by atoms with Crippen molar-refractivity contribution in [1.82, 2.24) is 4.98 Å². The highest BCUT2D eigenvalue weighted by Crippen LogP contribution is 2.31. The molecular formula is C19H15ClN2O4. The number of oxazole rings is 1. The van der Waals surface area contributed by atoms with E-state index in [2.05, 4.69) is 4.98 Å². The molecule has 1 aliphatic heterocycles. The third-order valence-electron chi connectivity index (χ3n) is 4.47. The average molecular weight is 371 g/mol. The predicted octanol–water partition coefficient (Wildman–Crippen LogP) is 3.62. The van der Waals surface area contributed by atoms with Crippen LogP contribution in [0, 0.1) is 5.92 Å². The number of nitrogens with zero attached hydrogens (tertiary/aromatic N) is 2. The van der Waals surface area contributed by atoms with Gasteiger partial charge in [-0.25, -0.2) is 4.98 Å². The van der Waals surface area contributed by atoms with E-state index in [0.29, 0.717) is 22.7 Å². The van der Waals surface area contributed by atoms with Crippen LogP contribution < -0.4 is 9.64 Å². The van der Waals surface area contributed by atoms with Gasteiger partial charge in [-0.2, -0.15) is 0 Å². The number of hydrogen-bond acceptors (Lipinski definition) is 5. The smallest absolute Gasteiger partial charge is 0.227 e. The number of benzene rings is 2. The van der Waals surface area contributed by atoms with E-state index in [0.717, 1.165) is 11.3 Å². The summed E-state index contributed by atoms with van der Waals surface area (Å²) in [5, 5.41) is -0.481. The molecule has 0 aliphatic carbocycles. The molecule has 3 aromatic rings. The molecule has 0 radical (unpaired) electrons. The van der Waals surface area contributed by atoms with Crippen molar-refractivity contribution in [3.05, 3.63) is 42.5 Å². The molecule has 0 saturated carbocycles. The van der Waals surface area contributed by atoms with E-state index >= 15 is 0 Å². The zero-order valence-electron chi connectivity index (χ0n) is 13.9. The molecule has 1 fully saturated rings. The molecule has 1 aliphatic rings. The quantitative estimate of drug-likeness (QED) is 0.656. The third-order valence-corrected chi connectivity index (χ3v) is 4.77. The van der Waals surface area contributed by atoms with Crippen LogP contribution in [-0.4, -0.2) is 29.8 Å². The van der Waals surface area contributed by atoms with Crippen LogP contribution in [-0.2, 0) is 9.59 Å². The van der Waals surface area contributed by atoms with Crippen molar-refractivity contribution in [3.63, 3.8) is 0 Å². The number of carbonyl (C=O) groups excluding carboxylic acids is 2. The van der Waals surface area contributed by atoms with Crippen LogP contribution in [0.5, 0.6) is 5.75 Å².